The molecule has 1 N–H and O–H groups in total. The van der Waals surface area contributed by atoms with Crippen molar-refractivity contribution in [3.05, 3.63) is 54.1 Å². The Morgan fingerprint density at radius 3 is 2.14 bits per heavy atom. The van der Waals surface area contributed by atoms with E-state index in [-0.39, 0.29) is 18.0 Å². The maximum absolute atomic E-state index is 12.0. The van der Waals surface area contributed by atoms with E-state index in [9.17, 15) is 9.59 Å². The second-order valence-electron chi connectivity index (χ2n) is 7.02. The van der Waals surface area contributed by atoms with Gasteiger partial charge in [-0.3, -0.25) is 9.59 Å². The van der Waals surface area contributed by atoms with E-state index in [1.807, 2.05) is 12.1 Å². The van der Waals surface area contributed by atoms with Crippen LogP contribution in [0.4, 0.5) is 10.5 Å². The molecule has 28 heavy (non-hydrogen) atoms. The van der Waals surface area contributed by atoms with E-state index in [4.69, 9.17) is 14.2 Å². The minimum Gasteiger partial charge on any atom is -0.497 e. The lowest BCUT2D eigenvalue weighted by molar-refractivity contribution is -0.159. The van der Waals surface area contributed by atoms with E-state index < -0.39 is 5.41 Å². The number of benzene rings is 2. The highest BCUT2D eigenvalue weighted by Gasteiger charge is 2.22. The first-order valence-corrected chi connectivity index (χ1v) is 9.73. The summed E-state index contributed by atoms with van der Waals surface area (Å²) in [7, 11) is 1.60. The summed E-state index contributed by atoms with van der Waals surface area (Å²) in [5.41, 5.74) is 1.14. The van der Waals surface area contributed by atoms with Crippen LogP contribution < -0.4 is 14.8 Å². The van der Waals surface area contributed by atoms with Gasteiger partial charge in [0.15, 0.2) is 0 Å². The summed E-state index contributed by atoms with van der Waals surface area (Å²) in [5.74, 6) is 1.55. The Hall–Kier alpha value is -2.67. The molecule has 0 bridgehead atoms. The first-order valence-electron chi connectivity index (χ1n) is 8.75. The summed E-state index contributed by atoms with van der Waals surface area (Å²) in [6.07, 6.45) is 0. The van der Waals surface area contributed by atoms with E-state index in [0.29, 0.717) is 17.2 Å². The number of anilines is 1. The Kier molecular flexibility index (Phi) is 7.75. The van der Waals surface area contributed by atoms with Crippen LogP contribution >= 0.6 is 11.8 Å². The van der Waals surface area contributed by atoms with Crippen molar-refractivity contribution in [2.24, 2.45) is 5.41 Å². The van der Waals surface area contributed by atoms with Crippen LogP contribution in [0.25, 0.3) is 0 Å². The lowest BCUT2D eigenvalue weighted by Crippen LogP contribution is -2.24. The maximum atomic E-state index is 12.0. The molecule has 0 aliphatic carbocycles. The van der Waals surface area contributed by atoms with E-state index in [0.717, 1.165) is 11.3 Å². The quantitative estimate of drug-likeness (QED) is 0.513. The fraction of sp³-hybridized carbons (Fsp3) is 0.333. The molecule has 0 heterocycles. The van der Waals surface area contributed by atoms with Crippen molar-refractivity contribution >= 4 is 28.7 Å². The third kappa shape index (κ3) is 7.15. The zero-order valence-electron chi connectivity index (χ0n) is 16.5. The minimum absolute atomic E-state index is 0.130. The largest absolute Gasteiger partial charge is 0.497 e. The highest BCUT2D eigenvalue weighted by molar-refractivity contribution is 8.13. The number of methoxy groups -OCH3 is 1. The molecule has 2 aromatic rings. The third-order valence-corrected chi connectivity index (χ3v) is 4.50. The topological polar surface area (TPSA) is 73.9 Å². The molecule has 0 radical (unpaired) electrons. The normalized spacial score (nSPS) is 10.9. The van der Waals surface area contributed by atoms with Crippen LogP contribution in [0.1, 0.15) is 26.3 Å². The number of carbonyl (C=O) groups excluding carboxylic acids is 2. The van der Waals surface area contributed by atoms with Gasteiger partial charge < -0.3 is 19.5 Å². The van der Waals surface area contributed by atoms with Gasteiger partial charge in [-0.25, -0.2) is 0 Å². The molecule has 0 fully saturated rings. The fourth-order valence-corrected chi connectivity index (χ4v) is 2.71. The minimum atomic E-state index is -0.559. The van der Waals surface area contributed by atoms with Crippen molar-refractivity contribution in [1.82, 2.24) is 0 Å². The summed E-state index contributed by atoms with van der Waals surface area (Å²) in [6.45, 7) is 5.22. The van der Waals surface area contributed by atoms with Crippen LogP contribution in [-0.2, 0) is 15.3 Å². The van der Waals surface area contributed by atoms with Gasteiger partial charge in [-0.05, 0) is 62.7 Å². The van der Waals surface area contributed by atoms with Crippen molar-refractivity contribution in [3.8, 4) is 11.5 Å². The van der Waals surface area contributed by atoms with Gasteiger partial charge in [-0.15, -0.1) is 0 Å². The average molecular weight is 404 g/mol. The molecule has 1 amide bonds. The van der Waals surface area contributed by atoms with Gasteiger partial charge in [-0.1, -0.05) is 23.9 Å². The molecule has 0 spiro atoms. The number of carbonyl (C=O) groups is 2. The molecule has 0 saturated carbocycles. The smallest absolute Gasteiger partial charge is 0.314 e. The fourth-order valence-electron chi connectivity index (χ4n) is 2.03. The molecule has 0 aliphatic rings. The first-order chi connectivity index (χ1) is 13.3. The molecule has 0 atom stereocenters. The Bertz CT molecular complexity index is 782. The third-order valence-electron chi connectivity index (χ3n) is 3.66. The van der Waals surface area contributed by atoms with Crippen LogP contribution in [-0.4, -0.2) is 25.1 Å². The lowest BCUT2D eigenvalue weighted by Gasteiger charge is -2.16. The number of rotatable bonds is 7. The van der Waals surface area contributed by atoms with Crippen LogP contribution in [0.15, 0.2) is 48.5 Å². The van der Waals surface area contributed by atoms with E-state index in [2.05, 4.69) is 5.32 Å². The summed E-state index contributed by atoms with van der Waals surface area (Å²) in [4.78, 5) is 23.7. The summed E-state index contributed by atoms with van der Waals surface area (Å²) >= 11 is 1.17. The van der Waals surface area contributed by atoms with Gasteiger partial charge in [0.25, 0.3) is 5.24 Å². The Morgan fingerprint density at radius 2 is 1.57 bits per heavy atom. The summed E-state index contributed by atoms with van der Waals surface area (Å²) in [6, 6.07) is 14.5. The molecule has 2 aromatic carbocycles. The number of hydrogen-bond acceptors (Lipinski definition) is 6. The highest BCUT2D eigenvalue weighted by atomic mass is 32.2. The molecular formula is C21H25NO5S. The molecule has 0 unspecified atom stereocenters. The van der Waals surface area contributed by atoms with Crippen molar-refractivity contribution in [3.63, 3.8) is 0 Å². The van der Waals surface area contributed by atoms with Crippen LogP contribution in [0.3, 0.4) is 0 Å². The maximum Gasteiger partial charge on any atom is 0.314 e. The highest BCUT2D eigenvalue weighted by Crippen LogP contribution is 2.21. The summed E-state index contributed by atoms with van der Waals surface area (Å²) in [5, 5.41) is 2.68. The Morgan fingerprint density at radius 1 is 0.964 bits per heavy atom. The SMILES string of the molecule is COc1ccc(NC(=O)SCc2ccc(OCOC(=O)C(C)(C)C)cc2)cc1. The van der Waals surface area contributed by atoms with Crippen molar-refractivity contribution < 1.29 is 23.8 Å². The van der Waals surface area contributed by atoms with Gasteiger partial charge in [-0.2, -0.15) is 0 Å². The van der Waals surface area contributed by atoms with Crippen molar-refractivity contribution in [1.29, 1.82) is 0 Å². The molecule has 0 aliphatic heterocycles. The Balaban J connectivity index is 1.74. The predicted molar refractivity (Wildman–Crippen MR) is 111 cm³/mol. The number of ether oxygens (including phenoxy) is 3. The van der Waals surface area contributed by atoms with Crippen LogP contribution in [0, 0.1) is 5.41 Å². The van der Waals surface area contributed by atoms with Gasteiger partial charge in [0, 0.05) is 11.4 Å². The van der Waals surface area contributed by atoms with E-state index in [1.165, 1.54) is 11.8 Å². The molecule has 2 rings (SSSR count). The Labute approximate surface area is 169 Å². The van der Waals surface area contributed by atoms with Crippen molar-refractivity contribution in [2.45, 2.75) is 26.5 Å². The van der Waals surface area contributed by atoms with Gasteiger partial charge in [0.1, 0.15) is 11.5 Å². The number of thioether (sulfide) groups is 1. The van der Waals surface area contributed by atoms with Gasteiger partial charge >= 0.3 is 5.97 Å². The molecular weight excluding hydrogens is 378 g/mol. The van der Waals surface area contributed by atoms with Crippen LogP contribution in [0.5, 0.6) is 11.5 Å². The molecule has 6 nitrogen and oxygen atoms in total. The predicted octanol–water partition coefficient (Wildman–Crippen LogP) is 5.09. The monoisotopic (exact) mass is 403 g/mol. The molecule has 7 heteroatoms. The van der Waals surface area contributed by atoms with Gasteiger partial charge in [0.2, 0.25) is 6.79 Å². The molecule has 0 aromatic heterocycles. The second kappa shape index (κ2) is 10.0. The zero-order chi connectivity index (χ0) is 20.6. The standard InChI is InChI=1S/C21H25NO5S/c1-21(2,3)19(23)27-14-26-18-9-5-15(6-10-18)13-28-20(24)22-16-7-11-17(25-4)12-8-16/h5-12H,13-14H2,1-4H3,(H,22,24). The number of esters is 1. The summed E-state index contributed by atoms with van der Waals surface area (Å²) < 4.78 is 15.6. The first kappa shape index (κ1) is 21.6. The van der Waals surface area contributed by atoms with Crippen LogP contribution in [0.2, 0.25) is 0 Å². The second-order valence-corrected chi connectivity index (χ2v) is 7.97. The van der Waals surface area contributed by atoms with Gasteiger partial charge in [0.05, 0.1) is 12.5 Å². The van der Waals surface area contributed by atoms with E-state index in [1.54, 1.807) is 64.3 Å². The zero-order valence-corrected chi connectivity index (χ0v) is 17.3. The lowest BCUT2D eigenvalue weighted by atomic mass is 9.98. The van der Waals surface area contributed by atoms with E-state index >= 15 is 0 Å². The average Bonchev–Trinajstić information content (AvgIpc) is 2.67. The number of hydrogen-bond donors (Lipinski definition) is 1. The number of nitrogens with one attached hydrogen (secondary N) is 1. The molecule has 150 valence electrons. The van der Waals surface area contributed by atoms with Crippen molar-refractivity contribution in [2.75, 3.05) is 19.2 Å². The number of amides is 1. The molecule has 0 saturated heterocycles.